The Labute approximate surface area is 287 Å². The molecular formula is C45H34N4. The van der Waals surface area contributed by atoms with Crippen LogP contribution >= 0.6 is 0 Å². The monoisotopic (exact) mass is 630 g/mol. The highest BCUT2D eigenvalue weighted by Crippen LogP contribution is 2.41. The van der Waals surface area contributed by atoms with Gasteiger partial charge in [-0.05, 0) is 84.5 Å². The van der Waals surface area contributed by atoms with Crippen molar-refractivity contribution in [2.24, 2.45) is 0 Å². The van der Waals surface area contributed by atoms with Gasteiger partial charge in [-0.25, -0.2) is 15.0 Å². The molecule has 4 nitrogen and oxygen atoms in total. The van der Waals surface area contributed by atoms with Gasteiger partial charge in [-0.15, -0.1) is 6.42 Å². The molecule has 1 unspecified atom stereocenters. The van der Waals surface area contributed by atoms with Crippen LogP contribution < -0.4 is 0 Å². The van der Waals surface area contributed by atoms with Crippen molar-refractivity contribution >= 4 is 45.0 Å². The van der Waals surface area contributed by atoms with E-state index >= 15 is 0 Å². The van der Waals surface area contributed by atoms with Crippen molar-refractivity contribution in [2.75, 3.05) is 0 Å². The summed E-state index contributed by atoms with van der Waals surface area (Å²) in [5.74, 6) is 9.95. The fourth-order valence-electron chi connectivity index (χ4n) is 7.04. The van der Waals surface area contributed by atoms with Gasteiger partial charge in [0, 0.05) is 29.0 Å². The zero-order valence-electron chi connectivity index (χ0n) is 27.4. The molecular weight excluding hydrogens is 597 g/mol. The van der Waals surface area contributed by atoms with Crippen LogP contribution in [0, 0.1) is 24.2 Å². The fraction of sp³-hybridized carbons (Fsp3) is 0.156. The van der Waals surface area contributed by atoms with Crippen molar-refractivity contribution in [3.63, 3.8) is 0 Å². The van der Waals surface area contributed by atoms with Crippen LogP contribution in [0.15, 0.2) is 103 Å². The molecule has 1 atom stereocenters. The molecule has 0 saturated heterocycles. The average molecular weight is 631 g/mol. The Bertz CT molecular complexity index is 2440. The smallest absolute Gasteiger partial charge is 0.148 e. The quantitative estimate of drug-likeness (QED) is 0.110. The average Bonchev–Trinajstić information content (AvgIpc) is 3.15. The third-order valence-corrected chi connectivity index (χ3v) is 9.43. The minimum Gasteiger partial charge on any atom is -0.255 e. The van der Waals surface area contributed by atoms with E-state index < -0.39 is 0 Å². The molecule has 0 saturated carbocycles. The molecule has 5 aromatic rings. The molecule has 0 spiro atoms. The normalized spacial score (nSPS) is 18.1. The van der Waals surface area contributed by atoms with Gasteiger partial charge in [0.15, 0.2) is 0 Å². The van der Waals surface area contributed by atoms with Crippen LogP contribution in [0.1, 0.15) is 71.6 Å². The second kappa shape index (κ2) is 13.2. The van der Waals surface area contributed by atoms with Gasteiger partial charge in [-0.2, -0.15) is 0 Å². The Morgan fingerprint density at radius 3 is 2.47 bits per heavy atom. The number of allylic oxidation sites excluding steroid dienone is 10. The number of fused-ring (bicyclic) bond motifs is 8. The molecule has 2 aromatic carbocycles. The van der Waals surface area contributed by atoms with E-state index in [1.54, 1.807) is 6.20 Å². The number of aromatic nitrogens is 4. The van der Waals surface area contributed by atoms with Crippen molar-refractivity contribution in [3.8, 4) is 35.6 Å². The molecule has 3 aliphatic carbocycles. The summed E-state index contributed by atoms with van der Waals surface area (Å²) in [6, 6.07) is 16.4. The van der Waals surface area contributed by atoms with Gasteiger partial charge in [-0.3, -0.25) is 4.98 Å². The molecule has 3 aromatic heterocycles. The van der Waals surface area contributed by atoms with Crippen LogP contribution in [0.4, 0.5) is 0 Å². The first kappa shape index (κ1) is 30.2. The third kappa shape index (κ3) is 5.73. The molecule has 3 heterocycles. The van der Waals surface area contributed by atoms with E-state index in [-0.39, 0.29) is 5.92 Å². The molecule has 3 aliphatic rings. The van der Waals surface area contributed by atoms with Crippen molar-refractivity contribution in [3.05, 3.63) is 143 Å². The largest absolute Gasteiger partial charge is 0.255 e. The number of hydrogen-bond donors (Lipinski definition) is 0. The van der Waals surface area contributed by atoms with Crippen LogP contribution in [0.25, 0.3) is 56.4 Å². The maximum Gasteiger partial charge on any atom is 0.148 e. The first-order chi connectivity index (χ1) is 24.2. The van der Waals surface area contributed by atoms with Gasteiger partial charge < -0.3 is 0 Å². The van der Waals surface area contributed by atoms with Gasteiger partial charge in [0.2, 0.25) is 0 Å². The predicted octanol–water partition coefficient (Wildman–Crippen LogP) is 9.88. The van der Waals surface area contributed by atoms with E-state index in [0.29, 0.717) is 12.2 Å². The third-order valence-electron chi connectivity index (χ3n) is 9.43. The Morgan fingerprint density at radius 1 is 0.857 bits per heavy atom. The second-order valence-corrected chi connectivity index (χ2v) is 12.5. The highest BCUT2D eigenvalue weighted by Gasteiger charge is 2.23. The van der Waals surface area contributed by atoms with Crippen molar-refractivity contribution in [2.45, 2.75) is 44.9 Å². The van der Waals surface area contributed by atoms with Gasteiger partial charge in [-0.1, -0.05) is 103 Å². The van der Waals surface area contributed by atoms with E-state index in [1.165, 1.54) is 33.0 Å². The maximum atomic E-state index is 6.29. The summed E-state index contributed by atoms with van der Waals surface area (Å²) in [7, 11) is 0. The number of pyridine rings is 2. The minimum atomic E-state index is -0.231. The number of terminal acetylenes is 1. The van der Waals surface area contributed by atoms with Crippen LogP contribution in [0.5, 0.6) is 0 Å². The molecule has 0 bridgehead atoms. The van der Waals surface area contributed by atoms with E-state index in [4.69, 9.17) is 21.4 Å². The standard InChI is InChI=1S/C45H34N4/c1-3-31(27-26-30(2)40-29-41(39-25-15-16-28-46-39)48-45(47-40)32-17-7-5-4-6-8-18-32)43-38-24-14-12-22-36(38)42-35-21-11-9-19-33(35)34-20-10-13-23-37(34)44(42)49-43/h1,4-5,7,11-17,21-29,32H,6,9-10,19-20H2,2H3/b5-4-,17-7-,30-26+,31-27+. The summed E-state index contributed by atoms with van der Waals surface area (Å²) >= 11 is 0. The summed E-state index contributed by atoms with van der Waals surface area (Å²) < 4.78 is 0. The Balaban J connectivity index is 1.28. The minimum absolute atomic E-state index is 0.231. The van der Waals surface area contributed by atoms with Crippen molar-refractivity contribution in [1.29, 1.82) is 0 Å². The van der Waals surface area contributed by atoms with Crippen LogP contribution in [0.3, 0.4) is 0 Å². The van der Waals surface area contributed by atoms with E-state index in [1.807, 2.05) is 67.6 Å². The number of benzene rings is 2. The Kier molecular flexibility index (Phi) is 8.14. The van der Waals surface area contributed by atoms with E-state index in [0.717, 1.165) is 70.5 Å². The van der Waals surface area contributed by atoms with Crippen LogP contribution in [0.2, 0.25) is 0 Å². The topological polar surface area (TPSA) is 51.6 Å². The summed E-state index contributed by atoms with van der Waals surface area (Å²) in [5, 5.41) is 3.45. The highest BCUT2D eigenvalue weighted by atomic mass is 14.9. The number of nitrogens with zero attached hydrogens (tertiary/aromatic N) is 4. The molecule has 8 rings (SSSR count). The Morgan fingerprint density at radius 2 is 1.65 bits per heavy atom. The number of hydrogen-bond acceptors (Lipinski definition) is 4. The van der Waals surface area contributed by atoms with Gasteiger partial charge in [0.1, 0.15) is 5.82 Å². The molecule has 0 aliphatic heterocycles. The lowest BCUT2D eigenvalue weighted by atomic mass is 9.81. The maximum absolute atomic E-state index is 6.29. The molecule has 0 radical (unpaired) electrons. The molecule has 49 heavy (non-hydrogen) atoms. The zero-order valence-corrected chi connectivity index (χ0v) is 27.4. The molecule has 234 valence electrons. The first-order valence-electron chi connectivity index (χ1n) is 16.9. The van der Waals surface area contributed by atoms with Crippen LogP contribution in [-0.2, 0) is 12.8 Å². The summed E-state index contributed by atoms with van der Waals surface area (Å²) in [4.78, 5) is 19.9. The Hall–Kier alpha value is -6.10. The van der Waals surface area contributed by atoms with Crippen molar-refractivity contribution < 1.29 is 0 Å². The van der Waals surface area contributed by atoms with Crippen molar-refractivity contribution in [1.82, 2.24) is 19.9 Å². The SMILES string of the molecule is C#C/C(=C\C=C(/C)c1cc(-c2ccccn2)nc(C2C#CC/C=C\C=C/2)n1)c1nc2c3c(c4c(c2c2ccccc12)C=CCC4)CCC=C3. The van der Waals surface area contributed by atoms with Gasteiger partial charge >= 0.3 is 0 Å². The zero-order chi connectivity index (χ0) is 33.2. The van der Waals surface area contributed by atoms with E-state index in [2.05, 4.69) is 71.3 Å². The van der Waals surface area contributed by atoms with Gasteiger partial charge in [0.05, 0.1) is 39.8 Å². The lowest BCUT2D eigenvalue weighted by Crippen LogP contribution is -2.08. The fourth-order valence-corrected chi connectivity index (χ4v) is 7.04. The van der Waals surface area contributed by atoms with E-state index in [9.17, 15) is 0 Å². The molecule has 0 fully saturated rings. The van der Waals surface area contributed by atoms with Crippen LogP contribution in [-0.4, -0.2) is 19.9 Å². The lowest BCUT2D eigenvalue weighted by molar-refractivity contribution is 0.910. The summed E-state index contributed by atoms with van der Waals surface area (Å²) in [6.07, 6.45) is 34.3. The van der Waals surface area contributed by atoms with Gasteiger partial charge in [0.25, 0.3) is 0 Å². The number of rotatable bonds is 5. The summed E-state index contributed by atoms with van der Waals surface area (Å²) in [5.41, 5.74) is 11.3. The molecule has 0 N–H and O–H groups in total. The predicted molar refractivity (Wildman–Crippen MR) is 203 cm³/mol. The second-order valence-electron chi connectivity index (χ2n) is 12.5. The highest BCUT2D eigenvalue weighted by molar-refractivity contribution is 6.16. The molecule has 0 amide bonds. The lowest BCUT2D eigenvalue weighted by Gasteiger charge is -2.24. The summed E-state index contributed by atoms with van der Waals surface area (Å²) in [6.45, 7) is 2.05. The first-order valence-corrected chi connectivity index (χ1v) is 16.9. The molecule has 4 heteroatoms.